The van der Waals surface area contributed by atoms with Crippen molar-refractivity contribution < 1.29 is 5.11 Å². The van der Waals surface area contributed by atoms with Crippen LogP contribution in [-0.2, 0) is 6.54 Å². The van der Waals surface area contributed by atoms with E-state index in [-0.39, 0.29) is 5.75 Å². The SMILES string of the molecule is CCNCc1cc(C)c(O)c(-n2nc3ccc(C)cc3n2)c1. The van der Waals surface area contributed by atoms with Crippen LogP contribution in [-0.4, -0.2) is 26.6 Å². The molecule has 0 aliphatic carbocycles. The van der Waals surface area contributed by atoms with E-state index in [1.54, 1.807) is 0 Å². The number of phenols is 1. The monoisotopic (exact) mass is 296 g/mol. The average molecular weight is 296 g/mol. The van der Waals surface area contributed by atoms with Gasteiger partial charge in [0.1, 0.15) is 22.5 Å². The van der Waals surface area contributed by atoms with Crippen LogP contribution >= 0.6 is 0 Å². The second-order valence-electron chi connectivity index (χ2n) is 5.54. The number of hydrogen-bond acceptors (Lipinski definition) is 4. The Morgan fingerprint density at radius 1 is 1.09 bits per heavy atom. The Morgan fingerprint density at radius 3 is 2.64 bits per heavy atom. The quantitative estimate of drug-likeness (QED) is 0.777. The summed E-state index contributed by atoms with van der Waals surface area (Å²) >= 11 is 0. The fraction of sp³-hybridized carbons (Fsp3) is 0.294. The summed E-state index contributed by atoms with van der Waals surface area (Å²) in [5, 5.41) is 22.6. The maximum atomic E-state index is 10.4. The minimum Gasteiger partial charge on any atom is -0.505 e. The van der Waals surface area contributed by atoms with E-state index in [1.807, 2.05) is 44.2 Å². The summed E-state index contributed by atoms with van der Waals surface area (Å²) in [6.07, 6.45) is 0. The number of phenolic OH excluding ortho intramolecular Hbond substituents is 1. The van der Waals surface area contributed by atoms with Gasteiger partial charge >= 0.3 is 0 Å². The average Bonchev–Trinajstić information content (AvgIpc) is 2.91. The summed E-state index contributed by atoms with van der Waals surface area (Å²) in [5.41, 5.74) is 5.32. The predicted octanol–water partition coefficient (Wildman–Crippen LogP) is 2.85. The molecular weight excluding hydrogens is 276 g/mol. The Balaban J connectivity index is 2.09. The van der Waals surface area contributed by atoms with Gasteiger partial charge in [-0.05, 0) is 55.3 Å². The summed E-state index contributed by atoms with van der Waals surface area (Å²) in [4.78, 5) is 1.52. The lowest BCUT2D eigenvalue weighted by molar-refractivity contribution is 0.463. The highest BCUT2D eigenvalue weighted by atomic mass is 16.3. The number of aromatic hydroxyl groups is 1. The van der Waals surface area contributed by atoms with Gasteiger partial charge < -0.3 is 10.4 Å². The normalized spacial score (nSPS) is 11.2. The highest BCUT2D eigenvalue weighted by Crippen LogP contribution is 2.27. The van der Waals surface area contributed by atoms with E-state index < -0.39 is 0 Å². The first-order chi connectivity index (χ1) is 10.6. The van der Waals surface area contributed by atoms with Gasteiger partial charge in [0.25, 0.3) is 0 Å². The fourth-order valence-electron chi connectivity index (χ4n) is 2.49. The molecule has 0 bridgehead atoms. The third kappa shape index (κ3) is 2.67. The molecule has 0 aliphatic rings. The molecule has 5 nitrogen and oxygen atoms in total. The Hall–Kier alpha value is -2.40. The standard InChI is InChI=1S/C17H20N4O/c1-4-18-10-13-8-12(3)17(22)16(9-13)21-19-14-6-5-11(2)7-15(14)20-21/h5-9,18,22H,4,10H2,1-3H3. The number of nitrogens with zero attached hydrogens (tertiary/aromatic N) is 3. The lowest BCUT2D eigenvalue weighted by Crippen LogP contribution is -2.12. The molecule has 0 fully saturated rings. The molecule has 0 saturated heterocycles. The molecule has 0 spiro atoms. The second-order valence-corrected chi connectivity index (χ2v) is 5.54. The van der Waals surface area contributed by atoms with E-state index in [4.69, 9.17) is 0 Å². The highest BCUT2D eigenvalue weighted by molar-refractivity contribution is 5.74. The molecule has 0 radical (unpaired) electrons. The van der Waals surface area contributed by atoms with Crippen LogP contribution in [0.1, 0.15) is 23.6 Å². The molecule has 1 heterocycles. The highest BCUT2D eigenvalue weighted by Gasteiger charge is 2.12. The van der Waals surface area contributed by atoms with Crippen molar-refractivity contribution in [2.24, 2.45) is 0 Å². The maximum Gasteiger partial charge on any atom is 0.146 e. The van der Waals surface area contributed by atoms with E-state index in [9.17, 15) is 5.11 Å². The largest absolute Gasteiger partial charge is 0.505 e. The summed E-state index contributed by atoms with van der Waals surface area (Å²) in [5.74, 6) is 0.220. The van der Waals surface area contributed by atoms with Crippen molar-refractivity contribution in [2.75, 3.05) is 6.54 Å². The molecule has 3 aromatic rings. The first-order valence-electron chi connectivity index (χ1n) is 7.45. The zero-order chi connectivity index (χ0) is 15.7. The molecule has 1 aromatic heterocycles. The third-order valence-electron chi connectivity index (χ3n) is 3.67. The van der Waals surface area contributed by atoms with Crippen molar-refractivity contribution >= 4 is 11.0 Å². The van der Waals surface area contributed by atoms with Crippen molar-refractivity contribution in [3.05, 3.63) is 47.0 Å². The third-order valence-corrected chi connectivity index (χ3v) is 3.67. The van der Waals surface area contributed by atoms with Crippen LogP contribution in [0.5, 0.6) is 5.75 Å². The molecule has 0 saturated carbocycles. The molecule has 22 heavy (non-hydrogen) atoms. The second kappa shape index (κ2) is 5.77. The minimum absolute atomic E-state index is 0.220. The molecule has 0 atom stereocenters. The van der Waals surface area contributed by atoms with Crippen LogP contribution in [0.2, 0.25) is 0 Å². The van der Waals surface area contributed by atoms with E-state index in [0.717, 1.165) is 40.8 Å². The molecule has 2 aromatic carbocycles. The van der Waals surface area contributed by atoms with Crippen molar-refractivity contribution in [1.29, 1.82) is 0 Å². The van der Waals surface area contributed by atoms with E-state index >= 15 is 0 Å². The molecule has 5 heteroatoms. The van der Waals surface area contributed by atoms with E-state index in [2.05, 4.69) is 22.4 Å². The van der Waals surface area contributed by atoms with Crippen LogP contribution in [0, 0.1) is 13.8 Å². The van der Waals surface area contributed by atoms with Crippen molar-refractivity contribution in [1.82, 2.24) is 20.3 Å². The Kier molecular flexibility index (Phi) is 3.81. The van der Waals surface area contributed by atoms with E-state index in [0.29, 0.717) is 5.69 Å². The molecule has 0 unspecified atom stereocenters. The molecule has 0 aliphatic heterocycles. The van der Waals surface area contributed by atoms with Gasteiger partial charge in [-0.25, -0.2) is 0 Å². The van der Waals surface area contributed by atoms with Crippen molar-refractivity contribution in [3.8, 4) is 11.4 Å². The van der Waals surface area contributed by atoms with Gasteiger partial charge in [0, 0.05) is 6.54 Å². The predicted molar refractivity (Wildman–Crippen MR) is 87.4 cm³/mol. The molecule has 3 rings (SSSR count). The smallest absolute Gasteiger partial charge is 0.146 e. The summed E-state index contributed by atoms with van der Waals surface area (Å²) < 4.78 is 0. The Bertz CT molecular complexity index is 823. The molecular formula is C17H20N4O. The van der Waals surface area contributed by atoms with Gasteiger partial charge in [-0.2, -0.15) is 0 Å². The van der Waals surface area contributed by atoms with Crippen LogP contribution in [0.4, 0.5) is 0 Å². The van der Waals surface area contributed by atoms with Crippen molar-refractivity contribution in [3.63, 3.8) is 0 Å². The number of hydrogen-bond donors (Lipinski definition) is 2. The molecule has 114 valence electrons. The number of nitrogens with one attached hydrogen (secondary N) is 1. The van der Waals surface area contributed by atoms with Crippen LogP contribution in [0.3, 0.4) is 0 Å². The first kappa shape index (κ1) is 14.5. The summed E-state index contributed by atoms with van der Waals surface area (Å²) in [6, 6.07) is 9.85. The number of fused-ring (bicyclic) bond motifs is 1. The van der Waals surface area contributed by atoms with E-state index in [1.165, 1.54) is 4.80 Å². The summed E-state index contributed by atoms with van der Waals surface area (Å²) in [6.45, 7) is 7.64. The number of benzene rings is 2. The van der Waals surface area contributed by atoms with Gasteiger partial charge in [-0.1, -0.05) is 19.1 Å². The molecule has 0 amide bonds. The zero-order valence-electron chi connectivity index (χ0n) is 13.1. The van der Waals surface area contributed by atoms with Gasteiger partial charge in [-0.15, -0.1) is 15.0 Å². The van der Waals surface area contributed by atoms with Crippen LogP contribution < -0.4 is 5.32 Å². The maximum absolute atomic E-state index is 10.4. The molecule has 2 N–H and O–H groups in total. The zero-order valence-corrected chi connectivity index (χ0v) is 13.1. The van der Waals surface area contributed by atoms with Crippen LogP contribution in [0.25, 0.3) is 16.7 Å². The Labute approximate surface area is 129 Å². The van der Waals surface area contributed by atoms with Gasteiger partial charge in [-0.3, -0.25) is 0 Å². The first-order valence-corrected chi connectivity index (χ1v) is 7.45. The topological polar surface area (TPSA) is 63.0 Å². The van der Waals surface area contributed by atoms with Gasteiger partial charge in [0.15, 0.2) is 0 Å². The van der Waals surface area contributed by atoms with Gasteiger partial charge in [0.05, 0.1) is 0 Å². The Morgan fingerprint density at radius 2 is 1.86 bits per heavy atom. The van der Waals surface area contributed by atoms with Gasteiger partial charge in [0.2, 0.25) is 0 Å². The lowest BCUT2D eigenvalue weighted by Gasteiger charge is -2.10. The lowest BCUT2D eigenvalue weighted by atomic mass is 10.1. The number of rotatable bonds is 4. The number of aryl methyl sites for hydroxylation is 2. The minimum atomic E-state index is 0.220. The van der Waals surface area contributed by atoms with Crippen molar-refractivity contribution in [2.45, 2.75) is 27.3 Å². The summed E-state index contributed by atoms with van der Waals surface area (Å²) in [7, 11) is 0. The fourth-order valence-corrected chi connectivity index (χ4v) is 2.49. The van der Waals surface area contributed by atoms with Crippen LogP contribution in [0.15, 0.2) is 30.3 Å². The number of aromatic nitrogens is 3.